The Bertz CT molecular complexity index is 577. The van der Waals surface area contributed by atoms with Gasteiger partial charge in [-0.05, 0) is 37.1 Å². The summed E-state index contributed by atoms with van der Waals surface area (Å²) in [6, 6.07) is 6.61. The number of carbonyl (C=O) groups excluding carboxylic acids is 2. The van der Waals surface area contributed by atoms with Gasteiger partial charge in [-0.25, -0.2) is 0 Å². The highest BCUT2D eigenvalue weighted by Crippen LogP contribution is 2.20. The maximum absolute atomic E-state index is 12.4. The van der Waals surface area contributed by atoms with Crippen LogP contribution >= 0.6 is 0 Å². The SMILES string of the molecule is COCC(=O)Nc1ccc(C(=O)N2CCC(C(=O)O)CC2)cc1. The molecule has 0 spiro atoms. The van der Waals surface area contributed by atoms with Crippen molar-refractivity contribution in [2.75, 3.05) is 32.1 Å². The van der Waals surface area contributed by atoms with E-state index in [-0.39, 0.29) is 24.3 Å². The van der Waals surface area contributed by atoms with Gasteiger partial charge in [0.15, 0.2) is 0 Å². The average Bonchev–Trinajstić information content (AvgIpc) is 2.55. The smallest absolute Gasteiger partial charge is 0.306 e. The predicted octanol–water partition coefficient (Wildman–Crippen LogP) is 1.21. The molecule has 124 valence electrons. The quantitative estimate of drug-likeness (QED) is 0.850. The Morgan fingerprint density at radius 2 is 1.83 bits per heavy atom. The highest BCUT2D eigenvalue weighted by molar-refractivity contribution is 5.96. The largest absolute Gasteiger partial charge is 0.481 e. The second-order valence-corrected chi connectivity index (χ2v) is 5.46. The zero-order chi connectivity index (χ0) is 16.8. The zero-order valence-electron chi connectivity index (χ0n) is 12.9. The molecule has 7 nitrogen and oxygen atoms in total. The molecule has 7 heteroatoms. The Labute approximate surface area is 134 Å². The third-order valence-corrected chi connectivity index (χ3v) is 3.82. The molecular weight excluding hydrogens is 300 g/mol. The molecule has 23 heavy (non-hydrogen) atoms. The summed E-state index contributed by atoms with van der Waals surface area (Å²) in [4.78, 5) is 36.4. The Kier molecular flexibility index (Phi) is 5.70. The summed E-state index contributed by atoms with van der Waals surface area (Å²) in [7, 11) is 1.44. The number of hydrogen-bond donors (Lipinski definition) is 2. The lowest BCUT2D eigenvalue weighted by Gasteiger charge is -2.30. The van der Waals surface area contributed by atoms with Crippen LogP contribution < -0.4 is 5.32 Å². The monoisotopic (exact) mass is 320 g/mol. The molecule has 0 aromatic heterocycles. The van der Waals surface area contributed by atoms with Gasteiger partial charge in [0.2, 0.25) is 5.91 Å². The molecule has 2 N–H and O–H groups in total. The highest BCUT2D eigenvalue weighted by Gasteiger charge is 2.27. The number of anilines is 1. The number of benzene rings is 1. The standard InChI is InChI=1S/C16H20N2O5/c1-23-10-14(19)17-13-4-2-11(3-5-13)15(20)18-8-6-12(7-9-18)16(21)22/h2-5,12H,6-10H2,1H3,(H,17,19)(H,21,22). The summed E-state index contributed by atoms with van der Waals surface area (Å²) in [5, 5.41) is 11.6. The Balaban J connectivity index is 1.93. The molecule has 0 radical (unpaired) electrons. The van der Waals surface area contributed by atoms with E-state index in [1.807, 2.05) is 0 Å². The number of carboxylic acid groups (broad SMARTS) is 1. The number of piperidine rings is 1. The lowest BCUT2D eigenvalue weighted by Crippen LogP contribution is -2.40. The minimum absolute atomic E-state index is 0.0286. The van der Waals surface area contributed by atoms with Crippen LogP contribution in [0.4, 0.5) is 5.69 Å². The van der Waals surface area contributed by atoms with E-state index >= 15 is 0 Å². The normalized spacial score (nSPS) is 15.3. The number of carbonyl (C=O) groups is 3. The molecule has 1 aliphatic heterocycles. The van der Waals surface area contributed by atoms with Crippen molar-refractivity contribution < 1.29 is 24.2 Å². The number of nitrogens with one attached hydrogen (secondary N) is 1. The van der Waals surface area contributed by atoms with Gasteiger partial charge in [0.05, 0.1) is 5.92 Å². The van der Waals surface area contributed by atoms with Gasteiger partial charge < -0.3 is 20.1 Å². The van der Waals surface area contributed by atoms with Crippen molar-refractivity contribution in [3.8, 4) is 0 Å². The summed E-state index contributed by atoms with van der Waals surface area (Å²) in [6.45, 7) is 0.865. The Morgan fingerprint density at radius 3 is 2.35 bits per heavy atom. The van der Waals surface area contributed by atoms with Gasteiger partial charge in [0, 0.05) is 31.5 Å². The van der Waals surface area contributed by atoms with E-state index < -0.39 is 5.97 Å². The number of ether oxygens (including phenoxy) is 1. The van der Waals surface area contributed by atoms with Gasteiger partial charge in [0.1, 0.15) is 6.61 Å². The number of rotatable bonds is 5. The van der Waals surface area contributed by atoms with Crippen molar-refractivity contribution in [1.82, 2.24) is 4.90 Å². The number of methoxy groups -OCH3 is 1. The second kappa shape index (κ2) is 7.73. The second-order valence-electron chi connectivity index (χ2n) is 5.46. The van der Waals surface area contributed by atoms with Crippen LogP contribution in [0.25, 0.3) is 0 Å². The van der Waals surface area contributed by atoms with Crippen molar-refractivity contribution in [2.24, 2.45) is 5.92 Å². The summed E-state index contributed by atoms with van der Waals surface area (Å²) >= 11 is 0. The van der Waals surface area contributed by atoms with E-state index in [9.17, 15) is 14.4 Å². The van der Waals surface area contributed by atoms with Crippen LogP contribution in [0.2, 0.25) is 0 Å². The lowest BCUT2D eigenvalue weighted by molar-refractivity contribution is -0.143. The van der Waals surface area contributed by atoms with Crippen molar-refractivity contribution in [3.05, 3.63) is 29.8 Å². The molecular formula is C16H20N2O5. The van der Waals surface area contributed by atoms with E-state index in [1.165, 1.54) is 7.11 Å². The summed E-state index contributed by atoms with van der Waals surface area (Å²) in [6.07, 6.45) is 0.957. The Hall–Kier alpha value is -2.41. The number of nitrogens with zero attached hydrogens (tertiary/aromatic N) is 1. The molecule has 1 aromatic carbocycles. The number of hydrogen-bond acceptors (Lipinski definition) is 4. The fourth-order valence-corrected chi connectivity index (χ4v) is 2.54. The molecule has 0 atom stereocenters. The van der Waals surface area contributed by atoms with Crippen molar-refractivity contribution >= 4 is 23.5 Å². The van der Waals surface area contributed by atoms with Crippen LogP contribution in [0.1, 0.15) is 23.2 Å². The minimum Gasteiger partial charge on any atom is -0.481 e. The molecule has 0 unspecified atom stereocenters. The van der Waals surface area contributed by atoms with Gasteiger partial charge in [-0.3, -0.25) is 14.4 Å². The van der Waals surface area contributed by atoms with Gasteiger partial charge >= 0.3 is 5.97 Å². The molecule has 2 amide bonds. The summed E-state index contributed by atoms with van der Waals surface area (Å²) in [5.41, 5.74) is 1.11. The van der Waals surface area contributed by atoms with Crippen LogP contribution in [0.3, 0.4) is 0 Å². The number of carboxylic acids is 1. The van der Waals surface area contributed by atoms with Crippen LogP contribution in [0, 0.1) is 5.92 Å². The summed E-state index contributed by atoms with van der Waals surface area (Å²) in [5.74, 6) is -1.54. The Morgan fingerprint density at radius 1 is 1.22 bits per heavy atom. The highest BCUT2D eigenvalue weighted by atomic mass is 16.5. The molecule has 2 rings (SSSR count). The first-order valence-corrected chi connectivity index (χ1v) is 7.42. The summed E-state index contributed by atoms with van der Waals surface area (Å²) < 4.78 is 4.73. The minimum atomic E-state index is -0.798. The van der Waals surface area contributed by atoms with Crippen LogP contribution in [0.15, 0.2) is 24.3 Å². The molecule has 0 aliphatic carbocycles. The fourth-order valence-electron chi connectivity index (χ4n) is 2.54. The topological polar surface area (TPSA) is 95.9 Å². The predicted molar refractivity (Wildman–Crippen MR) is 83.2 cm³/mol. The maximum atomic E-state index is 12.4. The first kappa shape index (κ1) is 17.0. The lowest BCUT2D eigenvalue weighted by atomic mass is 9.96. The number of aliphatic carboxylic acids is 1. The van der Waals surface area contributed by atoms with Crippen LogP contribution in [0.5, 0.6) is 0 Å². The molecule has 0 bridgehead atoms. The first-order valence-electron chi connectivity index (χ1n) is 7.42. The van der Waals surface area contributed by atoms with Crippen molar-refractivity contribution in [1.29, 1.82) is 0 Å². The average molecular weight is 320 g/mol. The van der Waals surface area contributed by atoms with Gasteiger partial charge in [0.25, 0.3) is 5.91 Å². The molecule has 1 fully saturated rings. The van der Waals surface area contributed by atoms with Gasteiger partial charge in [-0.15, -0.1) is 0 Å². The van der Waals surface area contributed by atoms with Gasteiger partial charge in [-0.1, -0.05) is 0 Å². The van der Waals surface area contributed by atoms with Crippen LogP contribution in [-0.4, -0.2) is 54.6 Å². The molecule has 1 heterocycles. The van der Waals surface area contributed by atoms with Crippen molar-refractivity contribution in [2.45, 2.75) is 12.8 Å². The third kappa shape index (κ3) is 4.53. The zero-order valence-corrected chi connectivity index (χ0v) is 12.9. The number of likely N-dealkylation sites (tertiary alicyclic amines) is 1. The number of amides is 2. The molecule has 0 saturated carbocycles. The molecule has 1 saturated heterocycles. The maximum Gasteiger partial charge on any atom is 0.306 e. The van der Waals surface area contributed by atoms with Crippen LogP contribution in [-0.2, 0) is 14.3 Å². The first-order chi connectivity index (χ1) is 11.0. The van der Waals surface area contributed by atoms with Gasteiger partial charge in [-0.2, -0.15) is 0 Å². The van der Waals surface area contributed by atoms with E-state index in [2.05, 4.69) is 5.32 Å². The van der Waals surface area contributed by atoms with E-state index in [0.29, 0.717) is 37.2 Å². The molecule has 1 aromatic rings. The third-order valence-electron chi connectivity index (χ3n) is 3.82. The van der Waals surface area contributed by atoms with E-state index in [0.717, 1.165) is 0 Å². The fraction of sp³-hybridized carbons (Fsp3) is 0.438. The van der Waals surface area contributed by atoms with Crippen molar-refractivity contribution in [3.63, 3.8) is 0 Å². The molecule has 1 aliphatic rings. The van der Waals surface area contributed by atoms with E-state index in [1.54, 1.807) is 29.2 Å². The van der Waals surface area contributed by atoms with E-state index in [4.69, 9.17) is 9.84 Å².